The average molecular weight is 208 g/mol. The molecule has 1 atom stereocenters. The van der Waals surface area contributed by atoms with E-state index in [9.17, 15) is 4.79 Å². The molecule has 1 heterocycles. The van der Waals surface area contributed by atoms with Crippen LogP contribution in [0.5, 0.6) is 0 Å². The molecule has 1 fully saturated rings. The number of carbonyl (C=O) groups is 1. The zero-order chi connectivity index (χ0) is 11.1. The second-order valence-electron chi connectivity index (χ2n) is 3.14. The molecule has 0 bridgehead atoms. The lowest BCUT2D eigenvalue weighted by atomic mass is 10.3. The summed E-state index contributed by atoms with van der Waals surface area (Å²) in [6, 6.07) is 0. The summed E-state index contributed by atoms with van der Waals surface area (Å²) in [7, 11) is 0. The minimum Gasteiger partial charge on any atom is -0.479 e. The van der Waals surface area contributed by atoms with Crippen LogP contribution in [-0.2, 0) is 14.3 Å². The lowest BCUT2D eigenvalue weighted by Gasteiger charge is -2.09. The number of ether oxygens (including phenoxy) is 2. The molecule has 0 aromatic heterocycles. The van der Waals surface area contributed by atoms with E-state index in [1.165, 1.54) is 0 Å². The summed E-state index contributed by atoms with van der Waals surface area (Å²) in [5.74, 6) is 0.422. The maximum absolute atomic E-state index is 11.1. The zero-order valence-electron chi connectivity index (χ0n) is 9.10. The Kier molecular flexibility index (Phi) is 4.68. The maximum Gasteiger partial charge on any atom is 0.347 e. The molecular weight excluding hydrogens is 192 g/mol. The highest BCUT2D eigenvalue weighted by molar-refractivity contribution is 5.76. The molecular formula is C12H16O3. The highest BCUT2D eigenvalue weighted by Crippen LogP contribution is 2.15. The van der Waals surface area contributed by atoms with Gasteiger partial charge in [0.15, 0.2) is 6.10 Å². The molecule has 3 nitrogen and oxygen atoms in total. The van der Waals surface area contributed by atoms with Gasteiger partial charge in [0, 0.05) is 6.42 Å². The Morgan fingerprint density at radius 2 is 2.27 bits per heavy atom. The quantitative estimate of drug-likeness (QED) is 0.404. The van der Waals surface area contributed by atoms with E-state index in [1.54, 1.807) is 0 Å². The number of rotatable bonds is 4. The summed E-state index contributed by atoms with van der Waals surface area (Å²) in [6.45, 7) is 4.27. The number of allylic oxidation sites excluding steroid dienone is 5. The molecule has 0 aliphatic carbocycles. The normalized spacial score (nSPS) is 22.7. The van der Waals surface area contributed by atoms with E-state index in [4.69, 9.17) is 9.47 Å². The SMILES string of the molecule is C\C=C/C=C\C(=C/C)OC1CCOC1=O. The van der Waals surface area contributed by atoms with Crippen molar-refractivity contribution in [2.45, 2.75) is 26.4 Å². The van der Waals surface area contributed by atoms with Crippen molar-refractivity contribution in [3.8, 4) is 0 Å². The van der Waals surface area contributed by atoms with Crippen molar-refractivity contribution in [3.63, 3.8) is 0 Å². The van der Waals surface area contributed by atoms with Crippen molar-refractivity contribution in [2.24, 2.45) is 0 Å². The maximum atomic E-state index is 11.1. The van der Waals surface area contributed by atoms with Gasteiger partial charge in [0.2, 0.25) is 0 Å². The Morgan fingerprint density at radius 1 is 1.47 bits per heavy atom. The molecule has 1 saturated heterocycles. The summed E-state index contributed by atoms with van der Waals surface area (Å²) >= 11 is 0. The van der Waals surface area contributed by atoms with E-state index in [2.05, 4.69) is 0 Å². The van der Waals surface area contributed by atoms with E-state index in [1.807, 2.05) is 44.2 Å². The van der Waals surface area contributed by atoms with Gasteiger partial charge in [-0.2, -0.15) is 0 Å². The lowest BCUT2D eigenvalue weighted by molar-refractivity contribution is -0.145. The molecule has 1 rings (SSSR count). The minimum atomic E-state index is -0.438. The molecule has 15 heavy (non-hydrogen) atoms. The summed E-state index contributed by atoms with van der Waals surface area (Å²) in [4.78, 5) is 11.1. The molecule has 3 heteroatoms. The van der Waals surface area contributed by atoms with E-state index < -0.39 is 6.10 Å². The van der Waals surface area contributed by atoms with E-state index >= 15 is 0 Å². The highest BCUT2D eigenvalue weighted by Gasteiger charge is 2.28. The predicted molar refractivity (Wildman–Crippen MR) is 58.2 cm³/mol. The molecule has 0 amide bonds. The van der Waals surface area contributed by atoms with E-state index in [0.717, 1.165) is 0 Å². The zero-order valence-corrected chi connectivity index (χ0v) is 9.10. The first-order valence-corrected chi connectivity index (χ1v) is 5.07. The Balaban J connectivity index is 2.50. The van der Waals surface area contributed by atoms with Crippen molar-refractivity contribution in [1.29, 1.82) is 0 Å². The topological polar surface area (TPSA) is 35.5 Å². The molecule has 0 aromatic carbocycles. The smallest absolute Gasteiger partial charge is 0.347 e. The molecule has 82 valence electrons. The Bertz CT molecular complexity index is 300. The Hall–Kier alpha value is -1.51. The lowest BCUT2D eigenvalue weighted by Crippen LogP contribution is -2.17. The van der Waals surface area contributed by atoms with Gasteiger partial charge < -0.3 is 9.47 Å². The van der Waals surface area contributed by atoms with Gasteiger partial charge in [-0.15, -0.1) is 0 Å². The van der Waals surface area contributed by atoms with Crippen LogP contribution >= 0.6 is 0 Å². The second-order valence-corrected chi connectivity index (χ2v) is 3.14. The number of cyclic esters (lactones) is 1. The highest BCUT2D eigenvalue weighted by atomic mass is 16.6. The second kappa shape index (κ2) is 6.06. The summed E-state index contributed by atoms with van der Waals surface area (Å²) < 4.78 is 10.3. The van der Waals surface area contributed by atoms with Gasteiger partial charge in [0.05, 0.1) is 6.61 Å². The third kappa shape index (κ3) is 3.62. The van der Waals surface area contributed by atoms with Crippen molar-refractivity contribution in [1.82, 2.24) is 0 Å². The summed E-state index contributed by atoms with van der Waals surface area (Å²) in [6.07, 6.45) is 9.54. The van der Waals surface area contributed by atoms with Crippen molar-refractivity contribution >= 4 is 5.97 Å². The van der Waals surface area contributed by atoms with E-state index in [0.29, 0.717) is 18.8 Å². The molecule has 0 radical (unpaired) electrons. The number of carbonyl (C=O) groups excluding carboxylic acids is 1. The van der Waals surface area contributed by atoms with Crippen LogP contribution in [0.4, 0.5) is 0 Å². The Morgan fingerprint density at radius 3 is 2.80 bits per heavy atom. The third-order valence-electron chi connectivity index (χ3n) is 2.01. The molecule has 1 aliphatic heterocycles. The molecule has 0 saturated carbocycles. The van der Waals surface area contributed by atoms with Gasteiger partial charge >= 0.3 is 5.97 Å². The standard InChI is InChI=1S/C12H16O3/c1-3-5-6-7-10(4-2)15-11-8-9-14-12(11)13/h3-7,11H,8-9H2,1-2H3/b5-3-,7-6-,10-4+. The first kappa shape index (κ1) is 11.6. The fourth-order valence-electron chi connectivity index (χ4n) is 1.21. The van der Waals surface area contributed by atoms with E-state index in [-0.39, 0.29) is 5.97 Å². The fraction of sp³-hybridized carbons (Fsp3) is 0.417. The van der Waals surface area contributed by atoms with Gasteiger partial charge in [-0.25, -0.2) is 4.79 Å². The van der Waals surface area contributed by atoms with Crippen molar-refractivity contribution in [2.75, 3.05) is 6.61 Å². The van der Waals surface area contributed by atoms with Crippen LogP contribution in [0.15, 0.2) is 36.1 Å². The van der Waals surface area contributed by atoms with Crippen LogP contribution in [-0.4, -0.2) is 18.7 Å². The molecule has 1 unspecified atom stereocenters. The molecule has 1 aliphatic rings. The molecule has 0 N–H and O–H groups in total. The van der Waals surface area contributed by atoms with Crippen LogP contribution in [0.3, 0.4) is 0 Å². The van der Waals surface area contributed by atoms with Crippen LogP contribution in [0.1, 0.15) is 20.3 Å². The summed E-state index contributed by atoms with van der Waals surface area (Å²) in [5.41, 5.74) is 0. The number of hydrogen-bond acceptors (Lipinski definition) is 3. The number of hydrogen-bond donors (Lipinski definition) is 0. The van der Waals surface area contributed by atoms with Crippen LogP contribution in [0.25, 0.3) is 0 Å². The van der Waals surface area contributed by atoms with Crippen molar-refractivity contribution < 1.29 is 14.3 Å². The first-order valence-electron chi connectivity index (χ1n) is 5.07. The van der Waals surface area contributed by atoms with Gasteiger partial charge in [0.25, 0.3) is 0 Å². The third-order valence-corrected chi connectivity index (χ3v) is 2.01. The van der Waals surface area contributed by atoms with Gasteiger partial charge in [-0.1, -0.05) is 18.2 Å². The molecule has 0 aromatic rings. The first-order chi connectivity index (χ1) is 7.27. The van der Waals surface area contributed by atoms with Crippen LogP contribution in [0.2, 0.25) is 0 Å². The summed E-state index contributed by atoms with van der Waals surface area (Å²) in [5, 5.41) is 0. The predicted octanol–water partition coefficient (Wildman–Crippen LogP) is 2.35. The fourth-order valence-corrected chi connectivity index (χ4v) is 1.21. The monoisotopic (exact) mass is 208 g/mol. The average Bonchev–Trinajstić information content (AvgIpc) is 2.63. The van der Waals surface area contributed by atoms with Crippen LogP contribution < -0.4 is 0 Å². The van der Waals surface area contributed by atoms with Gasteiger partial charge in [-0.05, 0) is 26.0 Å². The molecule has 0 spiro atoms. The number of esters is 1. The Labute approximate surface area is 90.1 Å². The minimum absolute atomic E-state index is 0.270. The largest absolute Gasteiger partial charge is 0.479 e. The van der Waals surface area contributed by atoms with Crippen molar-refractivity contribution in [3.05, 3.63) is 36.1 Å². The van der Waals surface area contributed by atoms with Gasteiger partial charge in [0.1, 0.15) is 5.76 Å². The van der Waals surface area contributed by atoms with Crippen LogP contribution in [0, 0.1) is 0 Å². The van der Waals surface area contributed by atoms with Gasteiger partial charge in [-0.3, -0.25) is 0 Å².